The summed E-state index contributed by atoms with van der Waals surface area (Å²) in [6.07, 6.45) is -1.58. The van der Waals surface area contributed by atoms with E-state index in [1.54, 1.807) is 12.1 Å². The van der Waals surface area contributed by atoms with Gasteiger partial charge in [-0.1, -0.05) is 12.1 Å². The van der Waals surface area contributed by atoms with Crippen LogP contribution in [-0.2, 0) is 11.8 Å². The van der Waals surface area contributed by atoms with Crippen molar-refractivity contribution in [3.8, 4) is 0 Å². The molecule has 1 saturated carbocycles. The molecule has 0 radical (unpaired) electrons. The standard InChI is InChI=1S/C17H17F3N2O3/c18-17(19,20)12-4-1-2-5-13(12)22-15(23)21-10-16(24,11-7-8-11)14-6-3-9-25-14/h1-6,9,11,24H,7-8,10H2,(H2,21,22,23)/t16-/m1/s1. The maximum absolute atomic E-state index is 12.9. The average Bonchev–Trinajstić information content (AvgIpc) is 3.27. The number of rotatable bonds is 5. The van der Waals surface area contributed by atoms with Crippen LogP contribution in [-0.4, -0.2) is 17.7 Å². The molecule has 0 bridgehead atoms. The van der Waals surface area contributed by atoms with Crippen molar-refractivity contribution < 1.29 is 27.5 Å². The Hall–Kier alpha value is -2.48. The number of benzene rings is 1. The van der Waals surface area contributed by atoms with Crippen molar-refractivity contribution >= 4 is 11.7 Å². The summed E-state index contributed by atoms with van der Waals surface area (Å²) in [5.41, 5.74) is -2.65. The molecule has 1 fully saturated rings. The molecule has 134 valence electrons. The van der Waals surface area contributed by atoms with Crippen molar-refractivity contribution in [2.24, 2.45) is 5.92 Å². The fourth-order valence-corrected chi connectivity index (χ4v) is 2.74. The predicted molar refractivity (Wildman–Crippen MR) is 83.8 cm³/mol. The molecule has 3 N–H and O–H groups in total. The first-order valence-corrected chi connectivity index (χ1v) is 7.78. The second-order valence-electron chi connectivity index (χ2n) is 6.03. The summed E-state index contributed by atoms with van der Waals surface area (Å²) in [6.45, 7) is -0.162. The van der Waals surface area contributed by atoms with Gasteiger partial charge in [-0.15, -0.1) is 0 Å². The number of halogens is 3. The third kappa shape index (κ3) is 3.79. The van der Waals surface area contributed by atoms with Crippen molar-refractivity contribution in [2.75, 3.05) is 11.9 Å². The van der Waals surface area contributed by atoms with Crippen LogP contribution in [0, 0.1) is 5.92 Å². The van der Waals surface area contributed by atoms with Gasteiger partial charge in [0.05, 0.1) is 24.1 Å². The van der Waals surface area contributed by atoms with Crippen LogP contribution in [0.2, 0.25) is 0 Å². The summed E-state index contributed by atoms with van der Waals surface area (Å²) in [4.78, 5) is 12.0. The molecular formula is C17H17F3N2O3. The summed E-state index contributed by atoms with van der Waals surface area (Å²) >= 11 is 0. The molecule has 1 heterocycles. The zero-order valence-electron chi connectivity index (χ0n) is 13.1. The highest BCUT2D eigenvalue weighted by Gasteiger charge is 2.47. The molecule has 8 heteroatoms. The molecule has 0 spiro atoms. The summed E-state index contributed by atoms with van der Waals surface area (Å²) in [7, 11) is 0. The molecule has 0 saturated heterocycles. The maximum Gasteiger partial charge on any atom is 0.418 e. The second-order valence-corrected chi connectivity index (χ2v) is 6.03. The van der Waals surface area contributed by atoms with Gasteiger partial charge < -0.3 is 20.2 Å². The number of furan rings is 1. The van der Waals surface area contributed by atoms with Gasteiger partial charge >= 0.3 is 12.2 Å². The third-order valence-corrected chi connectivity index (χ3v) is 4.20. The number of para-hydroxylation sites is 1. The van der Waals surface area contributed by atoms with Crippen molar-refractivity contribution in [1.29, 1.82) is 0 Å². The first-order chi connectivity index (χ1) is 11.8. The smallest absolute Gasteiger partial charge is 0.418 e. The SMILES string of the molecule is O=C(NC[C@](O)(c1ccco1)C1CC1)Nc1ccccc1C(F)(F)F. The number of alkyl halides is 3. The number of urea groups is 1. The van der Waals surface area contributed by atoms with Gasteiger partial charge in [0.25, 0.3) is 0 Å². The molecule has 25 heavy (non-hydrogen) atoms. The molecule has 0 unspecified atom stereocenters. The fraction of sp³-hybridized carbons (Fsp3) is 0.353. The van der Waals surface area contributed by atoms with Crippen molar-refractivity contribution in [3.05, 3.63) is 54.0 Å². The summed E-state index contributed by atoms with van der Waals surface area (Å²) < 4.78 is 44.1. The lowest BCUT2D eigenvalue weighted by atomic mass is 9.94. The first-order valence-electron chi connectivity index (χ1n) is 7.78. The van der Waals surface area contributed by atoms with Gasteiger partial charge in [0.15, 0.2) is 0 Å². The molecule has 1 aliphatic rings. The fourth-order valence-electron chi connectivity index (χ4n) is 2.74. The topological polar surface area (TPSA) is 74.5 Å². The van der Waals surface area contributed by atoms with Crippen LogP contribution in [0.5, 0.6) is 0 Å². The molecule has 2 aromatic rings. The molecule has 1 aromatic heterocycles. The van der Waals surface area contributed by atoms with E-state index in [9.17, 15) is 23.1 Å². The van der Waals surface area contributed by atoms with E-state index < -0.39 is 23.4 Å². The van der Waals surface area contributed by atoms with E-state index >= 15 is 0 Å². The highest BCUT2D eigenvalue weighted by molar-refractivity contribution is 5.90. The van der Waals surface area contributed by atoms with E-state index in [1.807, 2.05) is 0 Å². The predicted octanol–water partition coefficient (Wildman–Crippen LogP) is 3.72. The summed E-state index contributed by atoms with van der Waals surface area (Å²) in [5, 5.41) is 15.4. The molecule has 5 nitrogen and oxygen atoms in total. The van der Waals surface area contributed by atoms with Crippen LogP contribution in [0.25, 0.3) is 0 Å². The minimum Gasteiger partial charge on any atom is -0.466 e. The lowest BCUT2D eigenvalue weighted by Crippen LogP contribution is -2.43. The van der Waals surface area contributed by atoms with Crippen LogP contribution < -0.4 is 10.6 Å². The Kier molecular flexibility index (Phi) is 4.47. The number of anilines is 1. The largest absolute Gasteiger partial charge is 0.466 e. The van der Waals surface area contributed by atoms with E-state index in [1.165, 1.54) is 24.5 Å². The Morgan fingerprint density at radius 3 is 2.52 bits per heavy atom. The van der Waals surface area contributed by atoms with Gasteiger partial charge in [0, 0.05) is 0 Å². The average molecular weight is 354 g/mol. The minimum absolute atomic E-state index is 0.0542. The Bertz CT molecular complexity index is 742. The van der Waals surface area contributed by atoms with Crippen molar-refractivity contribution in [1.82, 2.24) is 5.32 Å². The zero-order chi connectivity index (χ0) is 18.1. The monoisotopic (exact) mass is 354 g/mol. The minimum atomic E-state index is -4.58. The maximum atomic E-state index is 12.9. The summed E-state index contributed by atoms with van der Waals surface area (Å²) in [6, 6.07) is 7.10. The Morgan fingerprint density at radius 1 is 1.20 bits per heavy atom. The van der Waals surface area contributed by atoms with E-state index in [-0.39, 0.29) is 18.2 Å². The lowest BCUT2D eigenvalue weighted by Gasteiger charge is -2.26. The van der Waals surface area contributed by atoms with Gasteiger partial charge in [-0.3, -0.25) is 0 Å². The van der Waals surface area contributed by atoms with E-state index in [0.717, 1.165) is 18.9 Å². The quantitative estimate of drug-likeness (QED) is 0.766. The summed E-state index contributed by atoms with van der Waals surface area (Å²) in [5.74, 6) is 0.271. The third-order valence-electron chi connectivity index (χ3n) is 4.20. The Labute approximate surface area is 141 Å². The molecule has 1 atom stereocenters. The second kappa shape index (κ2) is 6.44. The van der Waals surface area contributed by atoms with Crippen molar-refractivity contribution in [3.63, 3.8) is 0 Å². The van der Waals surface area contributed by atoms with Gasteiger partial charge in [-0.25, -0.2) is 4.79 Å². The van der Waals surface area contributed by atoms with Crippen LogP contribution in [0.15, 0.2) is 47.1 Å². The van der Waals surface area contributed by atoms with E-state index in [4.69, 9.17) is 4.42 Å². The molecule has 1 aliphatic carbocycles. The normalized spacial score (nSPS) is 17.0. The number of amides is 2. The van der Waals surface area contributed by atoms with Crippen LogP contribution in [0.1, 0.15) is 24.2 Å². The van der Waals surface area contributed by atoms with Gasteiger partial charge in [0.2, 0.25) is 0 Å². The van der Waals surface area contributed by atoms with E-state index in [2.05, 4.69) is 10.6 Å². The number of hydrogen-bond donors (Lipinski definition) is 3. The van der Waals surface area contributed by atoms with Gasteiger partial charge in [-0.2, -0.15) is 13.2 Å². The zero-order valence-corrected chi connectivity index (χ0v) is 13.1. The highest BCUT2D eigenvalue weighted by Crippen LogP contribution is 2.45. The Balaban J connectivity index is 1.68. The molecule has 0 aliphatic heterocycles. The number of nitrogens with one attached hydrogen (secondary N) is 2. The van der Waals surface area contributed by atoms with E-state index in [0.29, 0.717) is 5.76 Å². The van der Waals surface area contributed by atoms with Crippen LogP contribution in [0.4, 0.5) is 23.7 Å². The molecule has 3 rings (SSSR count). The number of carbonyl (C=O) groups excluding carboxylic acids is 1. The highest BCUT2D eigenvalue weighted by atomic mass is 19.4. The lowest BCUT2D eigenvalue weighted by molar-refractivity contribution is -0.136. The number of carbonyl (C=O) groups is 1. The van der Waals surface area contributed by atoms with Crippen LogP contribution >= 0.6 is 0 Å². The van der Waals surface area contributed by atoms with Gasteiger partial charge in [0.1, 0.15) is 11.4 Å². The number of aliphatic hydroxyl groups is 1. The van der Waals surface area contributed by atoms with Crippen molar-refractivity contribution in [2.45, 2.75) is 24.6 Å². The molecular weight excluding hydrogens is 337 g/mol. The van der Waals surface area contributed by atoms with Crippen LogP contribution in [0.3, 0.4) is 0 Å². The first kappa shape index (κ1) is 17.3. The molecule has 2 amide bonds. The van der Waals surface area contributed by atoms with Gasteiger partial charge in [-0.05, 0) is 43.0 Å². The molecule has 1 aromatic carbocycles. The Morgan fingerprint density at radius 2 is 1.92 bits per heavy atom. The number of hydrogen-bond acceptors (Lipinski definition) is 3.